The Bertz CT molecular complexity index is 1020. The molecule has 0 spiro atoms. The van der Waals surface area contributed by atoms with E-state index in [1.807, 2.05) is 17.7 Å². The zero-order valence-corrected chi connectivity index (χ0v) is 16.3. The summed E-state index contributed by atoms with van der Waals surface area (Å²) in [5, 5.41) is 12.6. The fourth-order valence-electron chi connectivity index (χ4n) is 3.66. The van der Waals surface area contributed by atoms with E-state index in [2.05, 4.69) is 16.4 Å². The molecule has 1 aromatic heterocycles. The zero-order valence-electron chi connectivity index (χ0n) is 15.4. The molecular weight excluding hydrogens is 384 g/mol. The number of hydrogen-bond acceptors (Lipinski definition) is 7. The number of nitrogens with zero attached hydrogens (tertiary/aromatic N) is 2. The third kappa shape index (κ3) is 3.62. The molecule has 2 heterocycles. The molecule has 1 amide bonds. The van der Waals surface area contributed by atoms with Gasteiger partial charge in [0.1, 0.15) is 6.26 Å². The van der Waals surface area contributed by atoms with Gasteiger partial charge in [-0.25, -0.2) is 4.72 Å². The number of rotatable bonds is 5. The van der Waals surface area contributed by atoms with Crippen LogP contribution in [0, 0.1) is 6.92 Å². The summed E-state index contributed by atoms with van der Waals surface area (Å²) in [6, 6.07) is 4.28. The maximum absolute atomic E-state index is 12.3. The maximum atomic E-state index is 12.3. The van der Waals surface area contributed by atoms with E-state index in [4.69, 9.17) is 4.42 Å². The molecule has 1 unspecified atom stereocenters. The average molecular weight is 406 g/mol. The average Bonchev–Trinajstić information content (AvgIpc) is 3.37. The lowest BCUT2D eigenvalue weighted by Gasteiger charge is -2.15. The van der Waals surface area contributed by atoms with Crippen LogP contribution in [0.1, 0.15) is 40.0 Å². The lowest BCUT2D eigenvalue weighted by atomic mass is 10.0. The Hall–Kier alpha value is -2.43. The van der Waals surface area contributed by atoms with Crippen molar-refractivity contribution in [2.75, 3.05) is 18.4 Å². The van der Waals surface area contributed by atoms with Crippen LogP contribution in [-0.4, -0.2) is 47.9 Å². The molecule has 4 rings (SSSR count). The first-order valence-electron chi connectivity index (χ1n) is 9.17. The van der Waals surface area contributed by atoms with Crippen molar-refractivity contribution in [1.29, 1.82) is 0 Å². The van der Waals surface area contributed by atoms with Crippen LogP contribution in [0.4, 0.5) is 11.7 Å². The first-order chi connectivity index (χ1) is 13.3. The molecule has 0 radical (unpaired) electrons. The second-order valence-corrected chi connectivity index (χ2v) is 8.82. The third-order valence-corrected chi connectivity index (χ3v) is 6.60. The number of carbonyl (C=O) groups is 1. The van der Waals surface area contributed by atoms with Gasteiger partial charge in [0.05, 0.1) is 6.10 Å². The predicted molar refractivity (Wildman–Crippen MR) is 102 cm³/mol. The summed E-state index contributed by atoms with van der Waals surface area (Å²) in [6.07, 6.45) is 3.83. The van der Waals surface area contributed by atoms with Crippen molar-refractivity contribution in [2.24, 2.45) is 0 Å². The van der Waals surface area contributed by atoms with E-state index >= 15 is 0 Å². The van der Waals surface area contributed by atoms with Gasteiger partial charge in [0.25, 0.3) is 11.9 Å². The fourth-order valence-corrected chi connectivity index (χ4v) is 4.84. The number of fused-ring (bicyclic) bond motifs is 1. The number of anilines is 2. The van der Waals surface area contributed by atoms with Crippen molar-refractivity contribution in [3.63, 3.8) is 0 Å². The molecule has 1 aliphatic heterocycles. The van der Waals surface area contributed by atoms with Gasteiger partial charge in [-0.05, 0) is 49.3 Å². The Morgan fingerprint density at radius 2 is 2.18 bits per heavy atom. The van der Waals surface area contributed by atoms with Gasteiger partial charge in [0, 0.05) is 18.8 Å². The van der Waals surface area contributed by atoms with Crippen LogP contribution in [-0.2, 0) is 23.1 Å². The highest BCUT2D eigenvalue weighted by molar-refractivity contribution is 7.87. The second kappa shape index (κ2) is 7.19. The summed E-state index contributed by atoms with van der Waals surface area (Å²) in [4.78, 5) is 16.4. The van der Waals surface area contributed by atoms with Gasteiger partial charge < -0.3 is 14.8 Å². The summed E-state index contributed by atoms with van der Waals surface area (Å²) in [7, 11) is -4.03. The highest BCUT2D eigenvalue weighted by Crippen LogP contribution is 2.33. The molecule has 10 heteroatoms. The van der Waals surface area contributed by atoms with E-state index in [0.29, 0.717) is 6.42 Å². The number of hydrogen-bond donors (Lipinski definition) is 3. The molecule has 28 heavy (non-hydrogen) atoms. The summed E-state index contributed by atoms with van der Waals surface area (Å²) < 4.78 is 32.8. The van der Waals surface area contributed by atoms with Crippen LogP contribution in [0.25, 0.3) is 0 Å². The minimum Gasteiger partial charge on any atom is -0.431 e. The molecule has 2 aliphatic rings. The van der Waals surface area contributed by atoms with Crippen LogP contribution >= 0.6 is 0 Å². The molecular formula is C18H22N4O5S. The van der Waals surface area contributed by atoms with Crippen LogP contribution in [0.15, 0.2) is 22.8 Å². The lowest BCUT2D eigenvalue weighted by molar-refractivity contribution is 0.0974. The van der Waals surface area contributed by atoms with Crippen molar-refractivity contribution < 1.29 is 22.7 Å². The van der Waals surface area contributed by atoms with Crippen molar-refractivity contribution in [3.8, 4) is 0 Å². The second-order valence-electron chi connectivity index (χ2n) is 7.15. The smallest absolute Gasteiger partial charge is 0.304 e. The van der Waals surface area contributed by atoms with Crippen LogP contribution in [0.3, 0.4) is 0 Å². The topological polar surface area (TPSA) is 125 Å². The Labute approximate surface area is 162 Å². The number of aliphatic hydroxyl groups excluding tert-OH is 1. The molecule has 1 aliphatic carbocycles. The summed E-state index contributed by atoms with van der Waals surface area (Å²) >= 11 is 0. The summed E-state index contributed by atoms with van der Waals surface area (Å²) in [5.74, 6) is -0.881. The first kappa shape index (κ1) is 18.9. The molecule has 1 atom stereocenters. The van der Waals surface area contributed by atoms with E-state index in [9.17, 15) is 18.3 Å². The Kier molecular flexibility index (Phi) is 4.86. The van der Waals surface area contributed by atoms with Gasteiger partial charge in [-0.2, -0.15) is 17.7 Å². The molecule has 3 N–H and O–H groups in total. The van der Waals surface area contributed by atoms with Gasteiger partial charge >= 0.3 is 10.2 Å². The number of oxazole rings is 1. The largest absolute Gasteiger partial charge is 0.431 e. The number of nitrogens with one attached hydrogen (secondary N) is 2. The molecule has 1 fully saturated rings. The van der Waals surface area contributed by atoms with E-state index in [-0.39, 0.29) is 24.8 Å². The Balaban J connectivity index is 1.48. The molecule has 2 aromatic rings. The highest BCUT2D eigenvalue weighted by Gasteiger charge is 2.32. The van der Waals surface area contributed by atoms with Crippen LogP contribution in [0.5, 0.6) is 0 Å². The van der Waals surface area contributed by atoms with Gasteiger partial charge in [-0.1, -0.05) is 12.1 Å². The summed E-state index contributed by atoms with van der Waals surface area (Å²) in [6.45, 7) is 2.11. The highest BCUT2D eigenvalue weighted by atomic mass is 32.2. The monoisotopic (exact) mass is 406 g/mol. The number of aryl methyl sites for hydroxylation is 2. The van der Waals surface area contributed by atoms with Crippen LogP contribution < -0.4 is 10.0 Å². The normalized spacial score (nSPS) is 19.6. The van der Waals surface area contributed by atoms with Crippen molar-refractivity contribution in [2.45, 2.75) is 38.7 Å². The Morgan fingerprint density at radius 3 is 2.93 bits per heavy atom. The zero-order chi connectivity index (χ0) is 19.9. The third-order valence-electron chi connectivity index (χ3n) is 5.15. The molecule has 1 saturated heterocycles. The van der Waals surface area contributed by atoms with Crippen molar-refractivity contribution in [3.05, 3.63) is 40.8 Å². The number of β-amino-alcohol motifs (C(OH)–C–C–N with tert-alkyl or cyclic N) is 1. The minimum atomic E-state index is -4.03. The molecule has 150 valence electrons. The van der Waals surface area contributed by atoms with Gasteiger partial charge in [0.15, 0.2) is 5.69 Å². The molecule has 0 bridgehead atoms. The fraction of sp³-hybridized carbons (Fsp3) is 0.444. The quantitative estimate of drug-likeness (QED) is 0.682. The lowest BCUT2D eigenvalue weighted by Crippen LogP contribution is -2.42. The number of amides is 1. The SMILES string of the molecule is Cc1ccc2c(c1Nc1nc(C(=O)NS(=O)(=O)N3CCC(O)C3)co1)CCC2. The van der Waals surface area contributed by atoms with Crippen LogP contribution in [0.2, 0.25) is 0 Å². The van der Waals surface area contributed by atoms with E-state index in [1.165, 1.54) is 11.1 Å². The number of aromatic nitrogens is 1. The van der Waals surface area contributed by atoms with Crippen molar-refractivity contribution in [1.82, 2.24) is 14.0 Å². The maximum Gasteiger partial charge on any atom is 0.304 e. The van der Waals surface area contributed by atoms with E-state index in [1.54, 1.807) is 0 Å². The summed E-state index contributed by atoms with van der Waals surface area (Å²) in [5.41, 5.74) is 4.33. The van der Waals surface area contributed by atoms with Gasteiger partial charge in [-0.15, -0.1) is 0 Å². The standard InChI is InChI=1S/C18H22N4O5S/c1-11-5-6-12-3-2-4-14(12)16(11)20-18-19-15(10-27-18)17(24)21-28(25,26)22-8-7-13(23)9-22/h5-6,10,13,23H,2-4,7-9H2,1H3,(H,19,20)(H,21,24). The first-order valence-corrected chi connectivity index (χ1v) is 10.6. The van der Waals surface area contributed by atoms with Gasteiger partial charge in [0.2, 0.25) is 0 Å². The predicted octanol–water partition coefficient (Wildman–Crippen LogP) is 1.26. The molecule has 0 saturated carbocycles. The number of carbonyl (C=O) groups excluding carboxylic acids is 1. The molecule has 1 aromatic carbocycles. The Morgan fingerprint density at radius 1 is 1.36 bits per heavy atom. The van der Waals surface area contributed by atoms with Crippen molar-refractivity contribution >= 4 is 27.8 Å². The van der Waals surface area contributed by atoms with E-state index < -0.39 is 22.2 Å². The molecule has 9 nitrogen and oxygen atoms in total. The minimum absolute atomic E-state index is 0.0351. The number of benzene rings is 1. The van der Waals surface area contributed by atoms with E-state index in [0.717, 1.165) is 41.1 Å². The number of aliphatic hydroxyl groups is 1. The van der Waals surface area contributed by atoms with Gasteiger partial charge in [-0.3, -0.25) is 4.79 Å².